The second kappa shape index (κ2) is 11.1. The molecular weight excluding hydrogens is 519 g/mol. The normalized spacial score (nSPS) is 18.6. The van der Waals surface area contributed by atoms with Crippen LogP contribution in [0.25, 0.3) is 0 Å². The van der Waals surface area contributed by atoms with Gasteiger partial charge >= 0.3 is 12.3 Å². The number of nitrogens with one attached hydrogen (secondary N) is 1. The molecule has 1 atom stereocenters. The molecule has 1 saturated heterocycles. The molecule has 0 aromatic heterocycles. The maximum Gasteiger partial charge on any atom is 0.416 e. The first kappa shape index (κ1) is 28.2. The number of ether oxygens (including phenoxy) is 1. The Morgan fingerprint density at radius 2 is 1.79 bits per heavy atom. The summed E-state index contributed by atoms with van der Waals surface area (Å²) in [6, 6.07) is 8.22. The van der Waals surface area contributed by atoms with Crippen molar-refractivity contribution in [3.63, 3.8) is 0 Å². The number of halogens is 4. The predicted molar refractivity (Wildman–Crippen MR) is 140 cm³/mol. The SMILES string of the molecule is CC(C)(C)OC(=O)N1CCCC[C@@H]1C(=O)Nc1cc(Cl)c2c(c1)CCN(Cc1ccc(C(F)(F)F)cc1)C2. The van der Waals surface area contributed by atoms with E-state index in [1.807, 2.05) is 6.07 Å². The number of rotatable bonds is 4. The van der Waals surface area contributed by atoms with Crippen molar-refractivity contribution in [1.82, 2.24) is 9.80 Å². The lowest BCUT2D eigenvalue weighted by atomic mass is 9.97. The number of piperidine rings is 1. The van der Waals surface area contributed by atoms with Gasteiger partial charge in [0.15, 0.2) is 0 Å². The van der Waals surface area contributed by atoms with E-state index in [0.29, 0.717) is 49.7 Å². The summed E-state index contributed by atoms with van der Waals surface area (Å²) in [5.74, 6) is -0.272. The predicted octanol–water partition coefficient (Wildman–Crippen LogP) is 6.65. The molecule has 4 rings (SSSR count). The fraction of sp³-hybridized carbons (Fsp3) is 0.500. The van der Waals surface area contributed by atoms with Gasteiger partial charge in [-0.25, -0.2) is 4.79 Å². The molecule has 0 spiro atoms. The van der Waals surface area contributed by atoms with Crippen molar-refractivity contribution in [2.45, 2.75) is 77.4 Å². The first-order chi connectivity index (χ1) is 17.8. The zero-order valence-electron chi connectivity index (χ0n) is 21.8. The van der Waals surface area contributed by atoms with Gasteiger partial charge in [0.05, 0.1) is 5.56 Å². The van der Waals surface area contributed by atoms with Crippen LogP contribution in [0.5, 0.6) is 0 Å². The van der Waals surface area contributed by atoms with Crippen LogP contribution in [0.1, 0.15) is 62.3 Å². The van der Waals surface area contributed by atoms with Gasteiger partial charge in [-0.15, -0.1) is 0 Å². The Hall–Kier alpha value is -2.78. The van der Waals surface area contributed by atoms with Crippen LogP contribution in [0.2, 0.25) is 5.02 Å². The number of carbonyl (C=O) groups is 2. The maximum atomic E-state index is 13.2. The first-order valence-corrected chi connectivity index (χ1v) is 13.2. The van der Waals surface area contributed by atoms with E-state index in [9.17, 15) is 22.8 Å². The fourth-order valence-corrected chi connectivity index (χ4v) is 5.21. The van der Waals surface area contributed by atoms with E-state index < -0.39 is 29.5 Å². The van der Waals surface area contributed by atoms with Crippen LogP contribution < -0.4 is 5.32 Å². The summed E-state index contributed by atoms with van der Waals surface area (Å²) in [6.45, 7) is 7.62. The number of carbonyl (C=O) groups excluding carboxylic acids is 2. The highest BCUT2D eigenvalue weighted by Gasteiger charge is 2.35. The van der Waals surface area contributed by atoms with Crippen LogP contribution in [-0.4, -0.2) is 46.5 Å². The standard InChI is InChI=1S/C28H33ClF3N3O3/c1-27(2,3)38-26(37)35-12-5-4-6-24(35)25(36)33-21-14-19-11-13-34(17-22(19)23(29)15-21)16-18-7-9-20(10-8-18)28(30,31)32/h7-10,14-15,24H,4-6,11-13,16-17H2,1-3H3,(H,33,36)/t24-/m1/s1. The van der Waals surface area contributed by atoms with E-state index in [0.717, 1.165) is 41.7 Å². The Bertz CT molecular complexity index is 1180. The third kappa shape index (κ3) is 6.99. The Morgan fingerprint density at radius 1 is 1.08 bits per heavy atom. The second-order valence-corrected chi connectivity index (χ2v) is 11.3. The average molecular weight is 552 g/mol. The summed E-state index contributed by atoms with van der Waals surface area (Å²) in [4.78, 5) is 29.5. The molecule has 2 aromatic rings. The second-order valence-electron chi connectivity index (χ2n) is 10.9. The van der Waals surface area contributed by atoms with Gasteiger partial charge in [-0.2, -0.15) is 13.2 Å². The minimum atomic E-state index is -4.35. The lowest BCUT2D eigenvalue weighted by Gasteiger charge is -2.36. The van der Waals surface area contributed by atoms with E-state index in [2.05, 4.69) is 10.2 Å². The van der Waals surface area contributed by atoms with Crippen molar-refractivity contribution < 1.29 is 27.5 Å². The quantitative estimate of drug-likeness (QED) is 0.462. The molecular formula is C28H33ClF3N3O3. The molecule has 0 unspecified atom stereocenters. The lowest BCUT2D eigenvalue weighted by Crippen LogP contribution is -2.51. The van der Waals surface area contributed by atoms with Crippen molar-refractivity contribution in [2.75, 3.05) is 18.4 Å². The van der Waals surface area contributed by atoms with Crippen LogP contribution in [0.3, 0.4) is 0 Å². The number of likely N-dealkylation sites (tertiary alicyclic amines) is 1. The molecule has 38 heavy (non-hydrogen) atoms. The number of fused-ring (bicyclic) bond motifs is 1. The van der Waals surface area contributed by atoms with Crippen molar-refractivity contribution >= 4 is 29.3 Å². The monoisotopic (exact) mass is 551 g/mol. The Balaban J connectivity index is 1.41. The molecule has 2 heterocycles. The highest BCUT2D eigenvalue weighted by molar-refractivity contribution is 6.31. The molecule has 10 heteroatoms. The van der Waals surface area contributed by atoms with Crippen LogP contribution in [0.4, 0.5) is 23.7 Å². The number of hydrogen-bond donors (Lipinski definition) is 1. The molecule has 0 radical (unpaired) electrons. The van der Waals surface area contributed by atoms with Gasteiger partial charge in [0.1, 0.15) is 11.6 Å². The first-order valence-electron chi connectivity index (χ1n) is 12.8. The number of anilines is 1. The number of hydrogen-bond acceptors (Lipinski definition) is 4. The molecule has 206 valence electrons. The van der Waals surface area contributed by atoms with E-state index in [-0.39, 0.29) is 5.91 Å². The maximum absolute atomic E-state index is 13.2. The smallest absolute Gasteiger partial charge is 0.416 e. The van der Waals surface area contributed by atoms with Crippen LogP contribution in [0, 0.1) is 0 Å². The minimum Gasteiger partial charge on any atom is -0.444 e. The molecule has 0 aliphatic carbocycles. The zero-order valence-corrected chi connectivity index (χ0v) is 22.6. The number of benzene rings is 2. The van der Waals surface area contributed by atoms with E-state index in [1.54, 1.807) is 26.8 Å². The summed E-state index contributed by atoms with van der Waals surface area (Å²) in [5.41, 5.74) is 2.01. The summed E-state index contributed by atoms with van der Waals surface area (Å²) in [5, 5.41) is 3.46. The molecule has 2 aliphatic rings. The Kier molecular flexibility index (Phi) is 8.28. The fourth-order valence-electron chi connectivity index (χ4n) is 4.91. The molecule has 0 saturated carbocycles. The van der Waals surface area contributed by atoms with Gasteiger partial charge in [0, 0.05) is 36.9 Å². The molecule has 0 bridgehead atoms. The summed E-state index contributed by atoms with van der Waals surface area (Å²) in [6.07, 6.45) is -1.94. The topological polar surface area (TPSA) is 61.9 Å². The third-order valence-electron chi connectivity index (χ3n) is 6.76. The zero-order chi connectivity index (χ0) is 27.7. The van der Waals surface area contributed by atoms with Crippen molar-refractivity contribution in [2.24, 2.45) is 0 Å². The minimum absolute atomic E-state index is 0.272. The lowest BCUT2D eigenvalue weighted by molar-refractivity contribution is -0.137. The summed E-state index contributed by atoms with van der Waals surface area (Å²) in [7, 11) is 0. The van der Waals surface area contributed by atoms with E-state index in [4.69, 9.17) is 16.3 Å². The Morgan fingerprint density at radius 3 is 2.45 bits per heavy atom. The van der Waals surface area contributed by atoms with Crippen molar-refractivity contribution in [3.05, 3.63) is 63.7 Å². The van der Waals surface area contributed by atoms with E-state index in [1.165, 1.54) is 17.0 Å². The third-order valence-corrected chi connectivity index (χ3v) is 7.09. The number of amides is 2. The molecule has 1 N–H and O–H groups in total. The summed E-state index contributed by atoms with van der Waals surface area (Å²) >= 11 is 6.62. The van der Waals surface area contributed by atoms with Gasteiger partial charge in [-0.3, -0.25) is 14.6 Å². The van der Waals surface area contributed by atoms with Gasteiger partial charge in [-0.1, -0.05) is 23.7 Å². The summed E-state index contributed by atoms with van der Waals surface area (Å²) < 4.78 is 44.0. The molecule has 2 amide bonds. The largest absolute Gasteiger partial charge is 0.444 e. The molecule has 1 fully saturated rings. The van der Waals surface area contributed by atoms with Crippen molar-refractivity contribution in [3.8, 4) is 0 Å². The van der Waals surface area contributed by atoms with Gasteiger partial charge in [0.2, 0.25) is 5.91 Å². The number of nitrogens with zero attached hydrogens (tertiary/aromatic N) is 2. The van der Waals surface area contributed by atoms with Crippen molar-refractivity contribution in [1.29, 1.82) is 0 Å². The highest BCUT2D eigenvalue weighted by atomic mass is 35.5. The van der Waals surface area contributed by atoms with Gasteiger partial charge < -0.3 is 10.1 Å². The highest BCUT2D eigenvalue weighted by Crippen LogP contribution is 2.32. The number of alkyl halides is 3. The van der Waals surface area contributed by atoms with E-state index >= 15 is 0 Å². The molecule has 6 nitrogen and oxygen atoms in total. The molecule has 2 aromatic carbocycles. The average Bonchev–Trinajstić information content (AvgIpc) is 2.83. The van der Waals surface area contributed by atoms with Crippen LogP contribution in [-0.2, 0) is 35.2 Å². The molecule has 2 aliphatic heterocycles. The van der Waals surface area contributed by atoms with Gasteiger partial charge in [0.25, 0.3) is 0 Å². The van der Waals surface area contributed by atoms with Crippen LogP contribution >= 0.6 is 11.6 Å². The van der Waals surface area contributed by atoms with Crippen LogP contribution in [0.15, 0.2) is 36.4 Å². The van der Waals surface area contributed by atoms with Gasteiger partial charge in [-0.05, 0) is 87.4 Å². The Labute approximate surface area is 226 Å².